The number of ether oxygens (including phenoxy) is 1. The number of benzene rings is 1. The van der Waals surface area contributed by atoms with Gasteiger partial charge in [-0.05, 0) is 55.8 Å². The van der Waals surface area contributed by atoms with Gasteiger partial charge in [0.2, 0.25) is 0 Å². The fraction of sp³-hybridized carbons (Fsp3) is 0.571. The van der Waals surface area contributed by atoms with Crippen LogP contribution >= 0.6 is 18.6 Å². The molecule has 0 fully saturated rings. The number of hydrogen-bond donors (Lipinski definition) is 0. The van der Waals surface area contributed by atoms with Gasteiger partial charge in [-0.1, -0.05) is 55.8 Å². The Kier molecular flexibility index (Phi) is 10.8. The molecular formula is C21H35Cl2OSiTi-. The molecule has 1 aliphatic carbocycles. The molecule has 0 saturated heterocycles. The minimum atomic E-state index is -1.67. The van der Waals surface area contributed by atoms with Crippen molar-refractivity contribution in [1.82, 2.24) is 0 Å². The molecule has 1 aromatic carbocycles. The monoisotopic (exact) mass is 449 g/mol. The molecule has 0 unspecified atom stereocenters. The van der Waals surface area contributed by atoms with Crippen molar-refractivity contribution in [3.63, 3.8) is 0 Å². The van der Waals surface area contributed by atoms with Crippen LogP contribution in [0.15, 0.2) is 23.3 Å². The van der Waals surface area contributed by atoms with Crippen LogP contribution < -0.4 is 9.92 Å². The first-order chi connectivity index (χ1) is 11.5. The van der Waals surface area contributed by atoms with E-state index < -0.39 is 25.1 Å². The summed E-state index contributed by atoms with van der Waals surface area (Å²) in [5, 5.41) is 1.49. The molecule has 5 heteroatoms. The Bertz CT molecular complexity index is 643. The third kappa shape index (κ3) is 5.20. The zero-order valence-corrected chi connectivity index (χ0v) is 22.1. The molecule has 0 heterocycles. The summed E-state index contributed by atoms with van der Waals surface area (Å²) in [5.41, 5.74) is 6.58. The van der Waals surface area contributed by atoms with Crippen LogP contribution in [-0.4, -0.2) is 15.2 Å². The van der Waals surface area contributed by atoms with E-state index in [4.69, 9.17) is 23.3 Å². The predicted octanol–water partition coefficient (Wildman–Crippen LogP) is 7.05. The van der Waals surface area contributed by atoms with Gasteiger partial charge in [0, 0.05) is 0 Å². The molecule has 2 rings (SSSR count). The van der Waals surface area contributed by atoms with Gasteiger partial charge in [-0.25, -0.2) is 0 Å². The van der Waals surface area contributed by atoms with Gasteiger partial charge in [0.1, 0.15) is 5.75 Å². The van der Waals surface area contributed by atoms with E-state index >= 15 is 0 Å². The third-order valence-electron chi connectivity index (χ3n) is 6.18. The Balaban J connectivity index is 0.00000146. The number of allylic oxidation sites excluding steroid dienone is 2. The molecule has 0 saturated carbocycles. The molecule has 0 N–H and O–H groups in total. The third-order valence-corrected chi connectivity index (χ3v) is 10.5. The molecule has 0 bridgehead atoms. The number of methoxy groups -OCH3 is 1. The molecule has 0 aliphatic heterocycles. The normalized spacial score (nSPS) is 22.3. The van der Waals surface area contributed by atoms with Crippen LogP contribution in [0.2, 0.25) is 18.6 Å². The molecule has 0 aromatic heterocycles. The van der Waals surface area contributed by atoms with Crippen molar-refractivity contribution in [2.45, 2.75) is 60.2 Å². The maximum absolute atomic E-state index is 5.82. The zero-order valence-electron chi connectivity index (χ0n) is 18.1. The van der Waals surface area contributed by atoms with Gasteiger partial charge in [0.25, 0.3) is 0 Å². The summed E-state index contributed by atoms with van der Waals surface area (Å²) >= 11 is -0.556. The second-order valence-corrected chi connectivity index (χ2v) is 15.1. The maximum atomic E-state index is 5.82. The van der Waals surface area contributed by atoms with Gasteiger partial charge >= 0.3 is 35.6 Å². The van der Waals surface area contributed by atoms with Crippen LogP contribution in [0.25, 0.3) is 0 Å². The van der Waals surface area contributed by atoms with Crippen molar-refractivity contribution >= 4 is 31.9 Å². The zero-order chi connectivity index (χ0) is 19.5. The van der Waals surface area contributed by atoms with E-state index in [9.17, 15) is 0 Å². The summed E-state index contributed by atoms with van der Waals surface area (Å²) in [4.78, 5) is 0. The average molecular weight is 450 g/mol. The van der Waals surface area contributed by atoms with E-state index in [1.165, 1.54) is 16.3 Å². The van der Waals surface area contributed by atoms with Crippen LogP contribution in [0.1, 0.15) is 38.8 Å². The van der Waals surface area contributed by atoms with Gasteiger partial charge in [-0.3, -0.25) is 0 Å². The van der Waals surface area contributed by atoms with Gasteiger partial charge < -0.3 is 12.2 Å². The summed E-state index contributed by atoms with van der Waals surface area (Å²) < 4.78 is 5.82. The average Bonchev–Trinajstić information content (AvgIpc) is 2.71. The van der Waals surface area contributed by atoms with Crippen LogP contribution in [-0.2, 0) is 17.0 Å². The van der Waals surface area contributed by atoms with Crippen LogP contribution in [0.4, 0.5) is 0 Å². The van der Waals surface area contributed by atoms with E-state index in [1.807, 2.05) is 7.11 Å². The van der Waals surface area contributed by atoms with Crippen molar-refractivity contribution < 1.29 is 21.8 Å². The number of hydrogen-bond acceptors (Lipinski definition) is 1. The summed E-state index contributed by atoms with van der Waals surface area (Å²) in [6, 6.07) is 4.62. The summed E-state index contributed by atoms with van der Waals surface area (Å²) in [7, 11) is 9.93. The standard InChI is InChI=1S/C20H32OSi.CH3.2ClH.Ti/c1-12-10-13(2)19(21-7)18(11-12)22(8,9)20-16(5)14(3)15(4)17(20)6;;;;/h10-11,14,16,20H,1-9H3;1H3;2*1H;/q;-1;;;+2/p-2/t14-,16-,20-;;;;/m1..../s1. The van der Waals surface area contributed by atoms with Crippen LogP contribution in [0.3, 0.4) is 0 Å². The first-order valence-corrected chi connectivity index (χ1v) is 16.2. The first-order valence-electron chi connectivity index (χ1n) is 8.83. The topological polar surface area (TPSA) is 9.23 Å². The minimum absolute atomic E-state index is 0. The molecule has 1 aromatic rings. The number of rotatable bonds is 3. The van der Waals surface area contributed by atoms with E-state index in [0.29, 0.717) is 11.5 Å². The molecular weight excluding hydrogens is 415 g/mol. The molecule has 0 spiro atoms. The van der Waals surface area contributed by atoms with Crippen molar-refractivity contribution in [3.8, 4) is 5.75 Å². The van der Waals surface area contributed by atoms with Crippen molar-refractivity contribution in [2.75, 3.05) is 7.11 Å². The van der Waals surface area contributed by atoms with E-state index in [1.54, 1.807) is 11.1 Å². The van der Waals surface area contributed by atoms with Crippen LogP contribution in [0, 0.1) is 33.1 Å². The van der Waals surface area contributed by atoms with Gasteiger partial charge in [0.05, 0.1) is 15.2 Å². The molecule has 26 heavy (non-hydrogen) atoms. The quantitative estimate of drug-likeness (QED) is 0.273. The van der Waals surface area contributed by atoms with Gasteiger partial charge in [-0.2, -0.15) is 0 Å². The first kappa shape index (κ1) is 26.3. The molecule has 1 aliphatic rings. The van der Waals surface area contributed by atoms with Gasteiger partial charge in [-0.15, -0.1) is 0 Å². The van der Waals surface area contributed by atoms with Crippen LogP contribution in [0.5, 0.6) is 5.75 Å². The molecule has 148 valence electrons. The van der Waals surface area contributed by atoms with E-state index in [-0.39, 0.29) is 7.43 Å². The van der Waals surface area contributed by atoms with Gasteiger partial charge in [0.15, 0.2) is 0 Å². The Hall–Kier alpha value is 0.271. The number of aryl methyl sites for hydroxylation is 2. The summed E-state index contributed by atoms with van der Waals surface area (Å²) in [6.07, 6.45) is 0. The van der Waals surface area contributed by atoms with Crippen molar-refractivity contribution in [1.29, 1.82) is 0 Å². The van der Waals surface area contributed by atoms with Crippen molar-refractivity contribution in [3.05, 3.63) is 41.8 Å². The van der Waals surface area contributed by atoms with E-state index in [0.717, 1.165) is 11.7 Å². The summed E-state index contributed by atoms with van der Waals surface area (Å²) in [6.45, 7) is 19.0. The number of halogens is 2. The Labute approximate surface area is 179 Å². The molecule has 0 amide bonds. The molecule has 1 nitrogen and oxygen atoms in total. The Morgan fingerprint density at radius 1 is 1.00 bits per heavy atom. The Morgan fingerprint density at radius 2 is 1.50 bits per heavy atom. The molecule has 0 radical (unpaired) electrons. The SMILES string of the molecule is COc1c(C)cc(C)cc1[Si](C)(C)[C@H]1C(C)=C(C)[C@@H](C)[C@H]1C.[CH3-].[Cl][Ti][Cl]. The molecule has 3 atom stereocenters. The fourth-order valence-corrected chi connectivity index (χ4v) is 9.48. The van der Waals surface area contributed by atoms with E-state index in [2.05, 4.69) is 66.8 Å². The predicted molar refractivity (Wildman–Crippen MR) is 118 cm³/mol. The fourth-order valence-electron chi connectivity index (χ4n) is 4.75. The second-order valence-electron chi connectivity index (χ2n) is 7.95. The summed E-state index contributed by atoms with van der Waals surface area (Å²) in [5.74, 6) is 2.56. The Morgan fingerprint density at radius 3 is 1.88 bits per heavy atom. The second kappa shape index (κ2) is 10.7. The van der Waals surface area contributed by atoms with Crippen molar-refractivity contribution in [2.24, 2.45) is 11.8 Å².